The van der Waals surface area contributed by atoms with Crippen molar-refractivity contribution in [2.75, 3.05) is 0 Å². The molecule has 0 aliphatic heterocycles. The van der Waals surface area contributed by atoms with Gasteiger partial charge in [0.05, 0.1) is 0 Å². The Bertz CT molecular complexity index is 466. The third kappa shape index (κ3) is 6.90. The molecule has 0 fully saturated rings. The molecule has 2 rings (SSSR count). The number of hydrogen-bond acceptors (Lipinski definition) is 4. The van der Waals surface area contributed by atoms with Gasteiger partial charge in [0.1, 0.15) is 11.7 Å². The molecule has 0 aromatic heterocycles. The van der Waals surface area contributed by atoms with Gasteiger partial charge >= 0.3 is 0 Å². The van der Waals surface area contributed by atoms with E-state index in [9.17, 15) is 0 Å². The van der Waals surface area contributed by atoms with Gasteiger partial charge in [0, 0.05) is 11.1 Å². The number of nitrogens with two attached hydrogens (primary N) is 2. The topological polar surface area (TPSA) is 140 Å². The second-order valence-electron chi connectivity index (χ2n) is 3.56. The van der Waals surface area contributed by atoms with Gasteiger partial charge in [-0.3, -0.25) is 21.3 Å². The number of benzene rings is 2. The molecule has 0 heterocycles. The Hall–Kier alpha value is -2.70. The van der Waals surface area contributed by atoms with Crippen molar-refractivity contribution in [3.8, 4) is 0 Å². The summed E-state index contributed by atoms with van der Waals surface area (Å²) >= 11 is 0. The van der Waals surface area contributed by atoms with E-state index in [-0.39, 0.29) is 11.7 Å². The van der Waals surface area contributed by atoms with E-state index in [1.165, 1.54) is 0 Å². The van der Waals surface area contributed by atoms with Crippen LogP contribution in [-0.4, -0.2) is 22.2 Å². The summed E-state index contributed by atoms with van der Waals surface area (Å²) < 4.78 is 0. The van der Waals surface area contributed by atoms with Gasteiger partial charge < -0.3 is 11.5 Å². The molecule has 0 saturated heterocycles. The van der Waals surface area contributed by atoms with Crippen molar-refractivity contribution in [1.29, 1.82) is 10.8 Å². The second-order valence-corrected chi connectivity index (χ2v) is 3.56. The predicted molar refractivity (Wildman–Crippen MR) is 80.2 cm³/mol. The largest absolute Gasteiger partial charge is 0.384 e. The van der Waals surface area contributed by atoms with Gasteiger partial charge in [0.15, 0.2) is 0 Å². The highest BCUT2D eigenvalue weighted by atomic mass is 17.0. The van der Waals surface area contributed by atoms with Gasteiger partial charge in [-0.2, -0.15) is 0 Å². The van der Waals surface area contributed by atoms with E-state index < -0.39 is 0 Å². The van der Waals surface area contributed by atoms with Crippen molar-refractivity contribution in [3.63, 3.8) is 0 Å². The number of amidine groups is 2. The molecular weight excluding hydrogens is 256 g/mol. The van der Waals surface area contributed by atoms with Crippen molar-refractivity contribution in [2.45, 2.75) is 0 Å². The van der Waals surface area contributed by atoms with Crippen LogP contribution in [0.5, 0.6) is 0 Å². The fourth-order valence-electron chi connectivity index (χ4n) is 1.24. The summed E-state index contributed by atoms with van der Waals surface area (Å²) in [5.41, 5.74) is 11.9. The van der Waals surface area contributed by atoms with Crippen LogP contribution in [-0.2, 0) is 0 Å². The molecule has 0 bridgehead atoms. The molecule has 8 N–H and O–H groups in total. The van der Waals surface area contributed by atoms with Crippen LogP contribution in [0.3, 0.4) is 0 Å². The van der Waals surface area contributed by atoms with Gasteiger partial charge in [-0.15, -0.1) is 0 Å². The fraction of sp³-hybridized carbons (Fsp3) is 0. The van der Waals surface area contributed by atoms with E-state index in [1.54, 1.807) is 0 Å². The van der Waals surface area contributed by atoms with Gasteiger partial charge in [-0.25, -0.2) is 0 Å². The molecule has 6 heteroatoms. The van der Waals surface area contributed by atoms with E-state index in [0.29, 0.717) is 0 Å². The molecule has 0 unspecified atom stereocenters. The first-order chi connectivity index (χ1) is 9.61. The van der Waals surface area contributed by atoms with Gasteiger partial charge in [0.25, 0.3) is 0 Å². The molecule has 2 aromatic carbocycles. The maximum atomic E-state index is 7.01. The van der Waals surface area contributed by atoms with Crippen molar-refractivity contribution in [2.24, 2.45) is 11.5 Å². The Balaban J connectivity index is 0.000000321. The maximum absolute atomic E-state index is 7.01. The Kier molecular flexibility index (Phi) is 8.86. The van der Waals surface area contributed by atoms with Gasteiger partial charge in [-0.05, 0) is 0 Å². The molecule has 0 saturated carbocycles. The Morgan fingerprint density at radius 2 is 0.900 bits per heavy atom. The first-order valence-electron chi connectivity index (χ1n) is 5.60. The molecule has 0 aliphatic rings. The molecule has 2 aromatic rings. The lowest BCUT2D eigenvalue weighted by Gasteiger charge is -1.93. The van der Waals surface area contributed by atoms with Crippen LogP contribution in [0.25, 0.3) is 0 Å². The van der Waals surface area contributed by atoms with Crippen LogP contribution >= 0.6 is 0 Å². The number of hydrogen-bond donors (Lipinski definition) is 6. The molecular formula is C14H18N4O2. The monoisotopic (exact) mass is 274 g/mol. The third-order valence-corrected chi connectivity index (χ3v) is 2.17. The zero-order chi connectivity index (χ0) is 15.4. The van der Waals surface area contributed by atoms with Crippen LogP contribution in [0.2, 0.25) is 0 Å². The molecule has 106 valence electrons. The van der Waals surface area contributed by atoms with Gasteiger partial charge in [-0.1, -0.05) is 60.7 Å². The minimum Gasteiger partial charge on any atom is -0.384 e. The molecule has 6 nitrogen and oxygen atoms in total. The Labute approximate surface area is 117 Å². The average Bonchev–Trinajstić information content (AvgIpc) is 2.51. The third-order valence-electron chi connectivity index (χ3n) is 2.17. The van der Waals surface area contributed by atoms with Gasteiger partial charge in [0.2, 0.25) is 0 Å². The highest BCUT2D eigenvalue weighted by Gasteiger charge is 1.89. The maximum Gasteiger partial charge on any atom is 0.122 e. The lowest BCUT2D eigenvalue weighted by Crippen LogP contribution is -2.10. The minimum atomic E-state index is 0.121. The lowest BCUT2D eigenvalue weighted by molar-refractivity contribution is -0.176. The van der Waals surface area contributed by atoms with Crippen LogP contribution in [0.15, 0.2) is 60.7 Å². The molecule has 0 spiro atoms. The zero-order valence-corrected chi connectivity index (χ0v) is 10.8. The molecule has 0 radical (unpaired) electrons. The second kappa shape index (κ2) is 10.2. The number of rotatable bonds is 2. The minimum absolute atomic E-state index is 0.121. The SMILES string of the molecule is N=C(N)c1ccccc1.N=C(N)c1ccccc1.OO. The average molecular weight is 274 g/mol. The van der Waals surface area contributed by atoms with Crippen molar-refractivity contribution >= 4 is 11.7 Å². The zero-order valence-electron chi connectivity index (χ0n) is 10.8. The number of nitrogens with one attached hydrogen (secondary N) is 2. The Morgan fingerprint density at radius 1 is 0.650 bits per heavy atom. The van der Waals surface area contributed by atoms with Crippen LogP contribution in [0.4, 0.5) is 0 Å². The summed E-state index contributed by atoms with van der Waals surface area (Å²) in [4.78, 5) is 0. The summed E-state index contributed by atoms with van der Waals surface area (Å²) in [5, 5.41) is 26.0. The van der Waals surface area contributed by atoms with Crippen LogP contribution in [0.1, 0.15) is 11.1 Å². The van der Waals surface area contributed by atoms with Crippen molar-refractivity contribution < 1.29 is 10.5 Å². The van der Waals surface area contributed by atoms with Crippen LogP contribution < -0.4 is 11.5 Å². The van der Waals surface area contributed by atoms with E-state index in [0.717, 1.165) is 11.1 Å². The predicted octanol–water partition coefficient (Wildman–Crippen LogP) is 1.96. The van der Waals surface area contributed by atoms with E-state index in [1.807, 2.05) is 60.7 Å². The van der Waals surface area contributed by atoms with E-state index >= 15 is 0 Å². The smallest absolute Gasteiger partial charge is 0.122 e. The quantitative estimate of drug-likeness (QED) is 0.215. The summed E-state index contributed by atoms with van der Waals surface area (Å²) in [6, 6.07) is 18.5. The van der Waals surface area contributed by atoms with Crippen molar-refractivity contribution in [1.82, 2.24) is 0 Å². The normalized spacial score (nSPS) is 8.30. The standard InChI is InChI=1S/2C7H8N2.H2O2/c2*8-7(9)6-4-2-1-3-5-6;1-2/h2*1-5H,(H3,8,9);1-2H. The molecule has 0 aliphatic carbocycles. The van der Waals surface area contributed by atoms with Crippen molar-refractivity contribution in [3.05, 3.63) is 71.8 Å². The summed E-state index contributed by atoms with van der Waals surface area (Å²) in [5.74, 6) is 0.242. The first kappa shape index (κ1) is 17.3. The van der Waals surface area contributed by atoms with E-state index in [4.69, 9.17) is 32.8 Å². The highest BCUT2D eigenvalue weighted by molar-refractivity contribution is 5.95. The first-order valence-corrected chi connectivity index (χ1v) is 5.60. The highest BCUT2D eigenvalue weighted by Crippen LogP contribution is 1.95. The summed E-state index contributed by atoms with van der Waals surface area (Å²) in [6.45, 7) is 0. The Morgan fingerprint density at radius 3 is 1.05 bits per heavy atom. The molecule has 0 atom stereocenters. The fourth-order valence-corrected chi connectivity index (χ4v) is 1.24. The lowest BCUT2D eigenvalue weighted by atomic mass is 10.2. The number of nitrogen functional groups attached to an aromatic ring is 2. The van der Waals surface area contributed by atoms with E-state index in [2.05, 4.69) is 0 Å². The summed E-state index contributed by atoms with van der Waals surface area (Å²) in [6.07, 6.45) is 0. The summed E-state index contributed by atoms with van der Waals surface area (Å²) in [7, 11) is 0. The molecule has 0 amide bonds. The van der Waals surface area contributed by atoms with Crippen LogP contribution in [0, 0.1) is 10.8 Å². The molecule has 20 heavy (non-hydrogen) atoms.